The van der Waals surface area contributed by atoms with E-state index in [0.29, 0.717) is 17.3 Å². The third-order valence-corrected chi connectivity index (χ3v) is 3.31. The second kappa shape index (κ2) is 7.54. The van der Waals surface area contributed by atoms with Crippen LogP contribution >= 0.6 is 0 Å². The first kappa shape index (κ1) is 16.6. The van der Waals surface area contributed by atoms with Gasteiger partial charge in [0.25, 0.3) is 0 Å². The number of hydrogen-bond donors (Lipinski definition) is 2. The molecule has 0 unspecified atom stereocenters. The zero-order chi connectivity index (χ0) is 17.6. The SMILES string of the molecule is COCC(=O)Nc1ccc(Nc2cc(-n3ccnc3)nc(C)n2)cc1. The maximum absolute atomic E-state index is 11.5. The van der Waals surface area contributed by atoms with Gasteiger partial charge >= 0.3 is 0 Å². The van der Waals surface area contributed by atoms with Crippen LogP contribution in [-0.2, 0) is 9.53 Å². The number of nitrogens with zero attached hydrogens (tertiary/aromatic N) is 4. The number of benzene rings is 1. The highest BCUT2D eigenvalue weighted by Crippen LogP contribution is 2.19. The van der Waals surface area contributed by atoms with Crippen molar-refractivity contribution >= 4 is 23.1 Å². The number of rotatable bonds is 6. The molecule has 0 spiro atoms. The van der Waals surface area contributed by atoms with Crippen molar-refractivity contribution < 1.29 is 9.53 Å². The summed E-state index contributed by atoms with van der Waals surface area (Å²) in [7, 11) is 1.48. The van der Waals surface area contributed by atoms with Gasteiger partial charge < -0.3 is 15.4 Å². The molecule has 0 aliphatic heterocycles. The first-order valence-corrected chi connectivity index (χ1v) is 7.64. The number of aryl methyl sites for hydroxylation is 1. The van der Waals surface area contributed by atoms with Gasteiger partial charge in [0.15, 0.2) is 0 Å². The van der Waals surface area contributed by atoms with Gasteiger partial charge in [-0.25, -0.2) is 15.0 Å². The number of carbonyl (C=O) groups is 1. The largest absolute Gasteiger partial charge is 0.375 e. The lowest BCUT2D eigenvalue weighted by Gasteiger charge is -2.10. The molecule has 0 saturated heterocycles. The fraction of sp³-hybridized carbons (Fsp3) is 0.176. The summed E-state index contributed by atoms with van der Waals surface area (Å²) >= 11 is 0. The molecule has 2 heterocycles. The van der Waals surface area contributed by atoms with E-state index in [1.54, 1.807) is 24.7 Å². The molecule has 0 aliphatic rings. The molecule has 0 atom stereocenters. The molecule has 1 amide bonds. The van der Waals surface area contributed by atoms with Crippen LogP contribution in [0.3, 0.4) is 0 Å². The zero-order valence-corrected chi connectivity index (χ0v) is 13.9. The molecular weight excluding hydrogens is 320 g/mol. The molecule has 2 N–H and O–H groups in total. The maximum Gasteiger partial charge on any atom is 0.250 e. The van der Waals surface area contributed by atoms with Crippen molar-refractivity contribution in [2.75, 3.05) is 24.4 Å². The highest BCUT2D eigenvalue weighted by molar-refractivity contribution is 5.91. The molecule has 0 radical (unpaired) electrons. The molecule has 128 valence electrons. The predicted octanol–water partition coefficient (Wildman–Crippen LogP) is 2.30. The molecule has 8 nitrogen and oxygen atoms in total. The van der Waals surface area contributed by atoms with Crippen LogP contribution in [0.1, 0.15) is 5.82 Å². The fourth-order valence-corrected chi connectivity index (χ4v) is 2.26. The molecule has 2 aromatic heterocycles. The highest BCUT2D eigenvalue weighted by atomic mass is 16.5. The summed E-state index contributed by atoms with van der Waals surface area (Å²) in [5.74, 6) is 1.86. The average Bonchev–Trinajstić information content (AvgIpc) is 3.11. The molecule has 1 aromatic carbocycles. The first-order valence-electron chi connectivity index (χ1n) is 7.64. The molecule has 8 heteroatoms. The van der Waals surface area contributed by atoms with Crippen LogP contribution in [0.4, 0.5) is 17.2 Å². The second-order valence-electron chi connectivity index (χ2n) is 5.31. The predicted molar refractivity (Wildman–Crippen MR) is 94.1 cm³/mol. The standard InChI is InChI=1S/C17H18N6O2/c1-12-19-15(9-16(20-12)23-8-7-18-11-23)21-13-3-5-14(6-4-13)22-17(24)10-25-2/h3-9,11H,10H2,1-2H3,(H,22,24)(H,19,20,21). The van der Waals surface area contributed by atoms with Crippen molar-refractivity contribution in [1.29, 1.82) is 0 Å². The number of methoxy groups -OCH3 is 1. The van der Waals surface area contributed by atoms with E-state index >= 15 is 0 Å². The first-order chi connectivity index (χ1) is 12.1. The Balaban J connectivity index is 1.73. The number of imidazole rings is 1. The minimum atomic E-state index is -0.195. The van der Waals surface area contributed by atoms with Crippen molar-refractivity contribution in [2.45, 2.75) is 6.92 Å². The highest BCUT2D eigenvalue weighted by Gasteiger charge is 2.05. The van der Waals surface area contributed by atoms with Crippen molar-refractivity contribution in [3.05, 3.63) is 54.9 Å². The second-order valence-corrected chi connectivity index (χ2v) is 5.31. The number of hydrogen-bond acceptors (Lipinski definition) is 6. The average molecular weight is 338 g/mol. The van der Waals surface area contributed by atoms with Gasteiger partial charge in [0.1, 0.15) is 30.4 Å². The summed E-state index contributed by atoms with van der Waals surface area (Å²) in [6.45, 7) is 1.86. The third kappa shape index (κ3) is 4.39. The minimum Gasteiger partial charge on any atom is -0.375 e. The minimum absolute atomic E-state index is 0.0250. The van der Waals surface area contributed by atoms with Gasteiger partial charge in [-0.2, -0.15) is 0 Å². The van der Waals surface area contributed by atoms with E-state index in [1.165, 1.54) is 7.11 Å². The Labute approximate surface area is 144 Å². The summed E-state index contributed by atoms with van der Waals surface area (Å²) in [5, 5.41) is 5.97. The molecule has 0 fully saturated rings. The van der Waals surface area contributed by atoms with Crippen LogP contribution in [0.5, 0.6) is 0 Å². The molecule has 25 heavy (non-hydrogen) atoms. The smallest absolute Gasteiger partial charge is 0.250 e. The number of nitrogens with one attached hydrogen (secondary N) is 2. The number of carbonyl (C=O) groups excluding carboxylic acids is 1. The Morgan fingerprint density at radius 1 is 1.20 bits per heavy atom. The van der Waals surface area contributed by atoms with Gasteiger partial charge in [0.2, 0.25) is 5.91 Å². The van der Waals surface area contributed by atoms with Crippen molar-refractivity contribution in [3.8, 4) is 5.82 Å². The van der Waals surface area contributed by atoms with E-state index in [-0.39, 0.29) is 12.5 Å². The quantitative estimate of drug-likeness (QED) is 0.716. The van der Waals surface area contributed by atoms with Crippen molar-refractivity contribution in [2.24, 2.45) is 0 Å². The number of amides is 1. The molecule has 3 rings (SSSR count). The lowest BCUT2D eigenvalue weighted by Crippen LogP contribution is -2.16. The summed E-state index contributed by atoms with van der Waals surface area (Å²) in [6, 6.07) is 9.16. The van der Waals surface area contributed by atoms with Crippen LogP contribution in [0.2, 0.25) is 0 Å². The Hall–Kier alpha value is -3.26. The van der Waals surface area contributed by atoms with E-state index in [4.69, 9.17) is 4.74 Å². The van der Waals surface area contributed by atoms with Crippen LogP contribution < -0.4 is 10.6 Å². The van der Waals surface area contributed by atoms with E-state index in [9.17, 15) is 4.79 Å². The van der Waals surface area contributed by atoms with Crippen LogP contribution in [0.15, 0.2) is 49.1 Å². The van der Waals surface area contributed by atoms with Crippen LogP contribution in [0.25, 0.3) is 5.82 Å². The third-order valence-electron chi connectivity index (χ3n) is 3.31. The molecule has 0 bridgehead atoms. The molecule has 0 aliphatic carbocycles. The van der Waals surface area contributed by atoms with Gasteiger partial charge in [0, 0.05) is 36.9 Å². The van der Waals surface area contributed by atoms with Gasteiger partial charge in [-0.1, -0.05) is 0 Å². The lowest BCUT2D eigenvalue weighted by molar-refractivity contribution is -0.119. The number of ether oxygens (including phenoxy) is 1. The monoisotopic (exact) mass is 338 g/mol. The van der Waals surface area contributed by atoms with Gasteiger partial charge in [-0.3, -0.25) is 9.36 Å². The Bertz CT molecular complexity index is 846. The fourth-order valence-electron chi connectivity index (χ4n) is 2.26. The normalized spacial score (nSPS) is 10.5. The Kier molecular flexibility index (Phi) is 5.00. The van der Waals surface area contributed by atoms with Crippen molar-refractivity contribution in [3.63, 3.8) is 0 Å². The van der Waals surface area contributed by atoms with Gasteiger partial charge in [0.05, 0.1) is 0 Å². The summed E-state index contributed by atoms with van der Waals surface area (Å²) < 4.78 is 6.60. The summed E-state index contributed by atoms with van der Waals surface area (Å²) in [5.41, 5.74) is 1.55. The van der Waals surface area contributed by atoms with Crippen LogP contribution in [0, 0.1) is 6.92 Å². The van der Waals surface area contributed by atoms with E-state index in [1.807, 2.05) is 35.9 Å². The maximum atomic E-state index is 11.5. The Morgan fingerprint density at radius 3 is 2.64 bits per heavy atom. The number of anilines is 3. The van der Waals surface area contributed by atoms with Crippen LogP contribution in [-0.4, -0.2) is 39.1 Å². The molecular formula is C17H18N6O2. The lowest BCUT2D eigenvalue weighted by atomic mass is 10.2. The van der Waals surface area contributed by atoms with Gasteiger partial charge in [-0.05, 0) is 31.2 Å². The van der Waals surface area contributed by atoms with Gasteiger partial charge in [-0.15, -0.1) is 0 Å². The topological polar surface area (TPSA) is 94.0 Å². The van der Waals surface area contributed by atoms with E-state index in [0.717, 1.165) is 11.5 Å². The zero-order valence-electron chi connectivity index (χ0n) is 13.9. The summed E-state index contributed by atoms with van der Waals surface area (Å²) in [6.07, 6.45) is 5.20. The molecule has 3 aromatic rings. The Morgan fingerprint density at radius 2 is 1.96 bits per heavy atom. The van der Waals surface area contributed by atoms with Crippen molar-refractivity contribution in [1.82, 2.24) is 19.5 Å². The van der Waals surface area contributed by atoms with E-state index in [2.05, 4.69) is 25.6 Å². The number of aromatic nitrogens is 4. The summed E-state index contributed by atoms with van der Waals surface area (Å²) in [4.78, 5) is 24.3. The van der Waals surface area contributed by atoms with E-state index < -0.39 is 0 Å². The molecule has 0 saturated carbocycles.